The molecule has 0 saturated carbocycles. The lowest BCUT2D eigenvalue weighted by Gasteiger charge is -2.32. The molecule has 1 saturated heterocycles. The highest BCUT2D eigenvalue weighted by atomic mass is 79.9. The Morgan fingerprint density at radius 1 is 1.04 bits per heavy atom. The molecule has 0 aliphatic carbocycles. The third-order valence-corrected chi connectivity index (χ3v) is 5.47. The van der Waals surface area contributed by atoms with Crippen molar-refractivity contribution in [1.82, 2.24) is 4.90 Å². The number of carbonyl (C=O) groups is 1. The Morgan fingerprint density at radius 2 is 1.78 bits per heavy atom. The molecule has 1 aromatic rings. The van der Waals surface area contributed by atoms with E-state index < -0.39 is 0 Å². The second-order valence-electron chi connectivity index (χ2n) is 6.70. The normalized spacial score (nSPS) is 15.8. The molecule has 1 fully saturated rings. The topological polar surface area (TPSA) is 20.3 Å². The van der Waals surface area contributed by atoms with E-state index in [0.717, 1.165) is 43.6 Å². The molecule has 0 radical (unpaired) electrons. The van der Waals surface area contributed by atoms with Crippen molar-refractivity contribution in [3.05, 3.63) is 35.9 Å². The monoisotopic (exact) mass is 379 g/mol. The summed E-state index contributed by atoms with van der Waals surface area (Å²) in [5.41, 5.74) is 1.45. The zero-order valence-corrected chi connectivity index (χ0v) is 15.8. The highest BCUT2D eigenvalue weighted by molar-refractivity contribution is 9.09. The minimum absolute atomic E-state index is 0.377. The summed E-state index contributed by atoms with van der Waals surface area (Å²) in [5.74, 6) is 1.19. The lowest BCUT2D eigenvalue weighted by Crippen LogP contribution is -2.38. The van der Waals surface area contributed by atoms with E-state index in [1.165, 1.54) is 44.1 Å². The number of hydrogen-bond acceptors (Lipinski definition) is 1. The van der Waals surface area contributed by atoms with E-state index in [1.807, 2.05) is 0 Å². The molecule has 3 heteroatoms. The number of alkyl halides is 1. The van der Waals surface area contributed by atoms with E-state index in [1.54, 1.807) is 0 Å². The Labute approximate surface area is 149 Å². The summed E-state index contributed by atoms with van der Waals surface area (Å²) < 4.78 is 0. The zero-order valence-electron chi connectivity index (χ0n) is 14.2. The van der Waals surface area contributed by atoms with Gasteiger partial charge in [0.2, 0.25) is 5.91 Å². The van der Waals surface area contributed by atoms with Crippen LogP contribution in [0.25, 0.3) is 0 Å². The molecule has 1 heterocycles. The average molecular weight is 380 g/mol. The van der Waals surface area contributed by atoms with Crippen LogP contribution in [-0.2, 0) is 11.2 Å². The average Bonchev–Trinajstić information content (AvgIpc) is 2.60. The molecule has 0 spiro atoms. The highest BCUT2D eigenvalue weighted by Gasteiger charge is 2.21. The third kappa shape index (κ3) is 7.07. The fourth-order valence-electron chi connectivity index (χ4n) is 3.42. The van der Waals surface area contributed by atoms with Gasteiger partial charge in [0.25, 0.3) is 0 Å². The molecule has 1 aliphatic rings. The molecule has 1 aliphatic heterocycles. The molecule has 2 nitrogen and oxygen atoms in total. The van der Waals surface area contributed by atoms with Gasteiger partial charge in [0.15, 0.2) is 0 Å². The van der Waals surface area contributed by atoms with E-state index in [-0.39, 0.29) is 0 Å². The number of piperidine rings is 1. The first-order valence-corrected chi connectivity index (χ1v) is 10.3. The van der Waals surface area contributed by atoms with Gasteiger partial charge in [-0.2, -0.15) is 0 Å². The Morgan fingerprint density at radius 3 is 2.48 bits per heavy atom. The number of nitrogens with zero attached hydrogens (tertiary/aromatic N) is 1. The Balaban J connectivity index is 1.57. The lowest BCUT2D eigenvalue weighted by atomic mass is 9.90. The first-order valence-electron chi connectivity index (χ1n) is 9.17. The molecule has 0 atom stereocenters. The van der Waals surface area contributed by atoms with Crippen molar-refractivity contribution >= 4 is 21.8 Å². The zero-order chi connectivity index (χ0) is 16.3. The molecule has 23 heavy (non-hydrogen) atoms. The Hall–Kier alpha value is -0.830. The van der Waals surface area contributed by atoms with Crippen molar-refractivity contribution in [3.8, 4) is 0 Å². The standard InChI is InChI=1S/C20H30BrNO/c21-15-6-2-5-12-20(23)22-16-13-19(14-17-22)11-7-10-18-8-3-1-4-9-18/h1,3-4,8-9,19H,2,5-7,10-17H2. The van der Waals surface area contributed by atoms with Gasteiger partial charge in [-0.25, -0.2) is 0 Å². The van der Waals surface area contributed by atoms with Crippen LogP contribution in [0.15, 0.2) is 30.3 Å². The number of carbonyl (C=O) groups excluding carboxylic acids is 1. The molecule has 128 valence electrons. The van der Waals surface area contributed by atoms with Crippen molar-refractivity contribution in [1.29, 1.82) is 0 Å². The summed E-state index contributed by atoms with van der Waals surface area (Å²) in [5, 5.41) is 1.05. The predicted octanol–water partition coefficient (Wildman–Crippen LogP) is 5.20. The molecule has 0 N–H and O–H groups in total. The maximum Gasteiger partial charge on any atom is 0.222 e. The van der Waals surface area contributed by atoms with Crippen molar-refractivity contribution in [3.63, 3.8) is 0 Å². The van der Waals surface area contributed by atoms with Gasteiger partial charge in [0.05, 0.1) is 0 Å². The van der Waals surface area contributed by atoms with Crippen LogP contribution in [0, 0.1) is 5.92 Å². The van der Waals surface area contributed by atoms with Crippen molar-refractivity contribution in [2.24, 2.45) is 5.92 Å². The molecular weight excluding hydrogens is 350 g/mol. The summed E-state index contributed by atoms with van der Waals surface area (Å²) in [6.07, 6.45) is 10.3. The van der Waals surface area contributed by atoms with Gasteiger partial charge >= 0.3 is 0 Å². The van der Waals surface area contributed by atoms with Crippen LogP contribution in [0.1, 0.15) is 56.9 Å². The lowest BCUT2D eigenvalue weighted by molar-refractivity contribution is -0.132. The van der Waals surface area contributed by atoms with Crippen molar-refractivity contribution < 1.29 is 4.79 Å². The minimum Gasteiger partial charge on any atom is -0.343 e. The summed E-state index contributed by atoms with van der Waals surface area (Å²) >= 11 is 3.44. The van der Waals surface area contributed by atoms with Crippen LogP contribution in [0.5, 0.6) is 0 Å². The van der Waals surface area contributed by atoms with Gasteiger partial charge in [0, 0.05) is 24.8 Å². The predicted molar refractivity (Wildman–Crippen MR) is 101 cm³/mol. The number of amides is 1. The van der Waals surface area contributed by atoms with Crippen LogP contribution >= 0.6 is 15.9 Å². The fourth-order valence-corrected chi connectivity index (χ4v) is 3.81. The molecular formula is C20H30BrNO. The number of likely N-dealkylation sites (tertiary alicyclic amines) is 1. The van der Waals surface area contributed by atoms with Gasteiger partial charge in [-0.05, 0) is 56.4 Å². The van der Waals surface area contributed by atoms with Crippen LogP contribution in [-0.4, -0.2) is 29.2 Å². The van der Waals surface area contributed by atoms with Crippen molar-refractivity contribution in [2.45, 2.75) is 57.8 Å². The largest absolute Gasteiger partial charge is 0.343 e. The first-order chi connectivity index (χ1) is 11.3. The molecule has 1 aromatic carbocycles. The maximum absolute atomic E-state index is 12.2. The van der Waals surface area contributed by atoms with Gasteiger partial charge in [-0.1, -0.05) is 52.7 Å². The highest BCUT2D eigenvalue weighted by Crippen LogP contribution is 2.23. The number of benzene rings is 1. The van der Waals surface area contributed by atoms with Crippen LogP contribution in [0.3, 0.4) is 0 Å². The third-order valence-electron chi connectivity index (χ3n) is 4.91. The Bertz CT molecular complexity index is 440. The van der Waals surface area contributed by atoms with Gasteiger partial charge in [-0.3, -0.25) is 4.79 Å². The van der Waals surface area contributed by atoms with Crippen LogP contribution in [0.2, 0.25) is 0 Å². The number of unbranched alkanes of at least 4 members (excludes halogenated alkanes) is 2. The smallest absolute Gasteiger partial charge is 0.222 e. The summed E-state index contributed by atoms with van der Waals surface area (Å²) in [6, 6.07) is 10.8. The van der Waals surface area contributed by atoms with E-state index in [2.05, 4.69) is 51.2 Å². The maximum atomic E-state index is 12.2. The fraction of sp³-hybridized carbons (Fsp3) is 0.650. The molecule has 0 aromatic heterocycles. The summed E-state index contributed by atoms with van der Waals surface area (Å²) in [4.78, 5) is 14.3. The quantitative estimate of drug-likeness (QED) is 0.426. The molecule has 1 amide bonds. The first kappa shape index (κ1) is 18.5. The number of aryl methyl sites for hydroxylation is 1. The van der Waals surface area contributed by atoms with E-state index in [9.17, 15) is 4.79 Å². The number of hydrogen-bond donors (Lipinski definition) is 0. The van der Waals surface area contributed by atoms with E-state index >= 15 is 0 Å². The molecule has 0 bridgehead atoms. The molecule has 0 unspecified atom stereocenters. The van der Waals surface area contributed by atoms with E-state index in [4.69, 9.17) is 0 Å². The molecule has 2 rings (SSSR count). The SMILES string of the molecule is O=C(CCCCCBr)N1CCC(CCCc2ccccc2)CC1. The summed E-state index contributed by atoms with van der Waals surface area (Å²) in [7, 11) is 0. The second kappa shape index (κ2) is 10.9. The van der Waals surface area contributed by atoms with Crippen molar-refractivity contribution in [2.75, 3.05) is 18.4 Å². The Kier molecular flexibility index (Phi) is 8.73. The van der Waals surface area contributed by atoms with Gasteiger partial charge in [0.1, 0.15) is 0 Å². The van der Waals surface area contributed by atoms with Crippen LogP contribution < -0.4 is 0 Å². The minimum atomic E-state index is 0.377. The number of rotatable bonds is 9. The van der Waals surface area contributed by atoms with Crippen LogP contribution in [0.4, 0.5) is 0 Å². The second-order valence-corrected chi connectivity index (χ2v) is 7.49. The van der Waals surface area contributed by atoms with Gasteiger partial charge < -0.3 is 4.90 Å². The number of halogens is 1. The van der Waals surface area contributed by atoms with Gasteiger partial charge in [-0.15, -0.1) is 0 Å². The van der Waals surface area contributed by atoms with E-state index in [0.29, 0.717) is 5.91 Å². The summed E-state index contributed by atoms with van der Waals surface area (Å²) in [6.45, 7) is 1.96.